The summed E-state index contributed by atoms with van der Waals surface area (Å²) in [6, 6.07) is 17.8. The molecule has 3 heterocycles. The Morgan fingerprint density at radius 3 is 1.65 bits per heavy atom. The highest BCUT2D eigenvalue weighted by Crippen LogP contribution is 2.63. The summed E-state index contributed by atoms with van der Waals surface area (Å²) in [5.41, 5.74) is 12.8. The zero-order valence-electron chi connectivity index (χ0n) is 26.8. The van der Waals surface area contributed by atoms with E-state index in [9.17, 15) is 4.79 Å². The molecule has 4 heteroatoms. The molecule has 0 radical (unpaired) electrons. The third kappa shape index (κ3) is 3.20. The maximum absolute atomic E-state index is 13.8. The average molecular weight is 571 g/mol. The van der Waals surface area contributed by atoms with E-state index in [0.717, 1.165) is 29.5 Å². The summed E-state index contributed by atoms with van der Waals surface area (Å²) < 4.78 is 6.80. The second kappa shape index (κ2) is 8.22. The Labute approximate surface area is 256 Å². The molecule has 0 amide bonds. The number of benzene rings is 3. The number of fused-ring (bicyclic) bond motifs is 10. The van der Waals surface area contributed by atoms with E-state index >= 15 is 0 Å². The Balaban J connectivity index is 1.54. The number of carbonyl (C=O) groups excluding carboxylic acids is 1. The van der Waals surface area contributed by atoms with Gasteiger partial charge in [-0.2, -0.15) is 0 Å². The van der Waals surface area contributed by atoms with Crippen LogP contribution in [0, 0.1) is 0 Å². The van der Waals surface area contributed by atoms with Crippen LogP contribution in [-0.4, -0.2) is 31.1 Å². The molecule has 1 saturated carbocycles. The van der Waals surface area contributed by atoms with E-state index in [1.807, 2.05) is 12.1 Å². The zero-order valence-corrected chi connectivity index (χ0v) is 26.8. The number of esters is 1. The van der Waals surface area contributed by atoms with Crippen molar-refractivity contribution in [3.63, 3.8) is 0 Å². The van der Waals surface area contributed by atoms with Gasteiger partial charge in [0, 0.05) is 58.7 Å². The summed E-state index contributed by atoms with van der Waals surface area (Å²) in [6.07, 6.45) is 9.31. The second-order valence-electron chi connectivity index (χ2n) is 14.8. The van der Waals surface area contributed by atoms with Gasteiger partial charge in [0.1, 0.15) is 0 Å². The van der Waals surface area contributed by atoms with Gasteiger partial charge in [-0.05, 0) is 107 Å². The molecule has 1 fully saturated rings. The molecule has 0 aromatic heterocycles. The minimum absolute atomic E-state index is 0.0952. The van der Waals surface area contributed by atoms with E-state index in [-0.39, 0.29) is 22.5 Å². The predicted molar refractivity (Wildman–Crippen MR) is 176 cm³/mol. The van der Waals surface area contributed by atoms with E-state index in [0.29, 0.717) is 5.56 Å². The number of ether oxygens (including phenoxy) is 1. The van der Waals surface area contributed by atoms with Crippen LogP contribution in [0.1, 0.15) is 117 Å². The number of hydrogen-bond donors (Lipinski definition) is 0. The lowest BCUT2D eigenvalue weighted by atomic mass is 9.58. The van der Waals surface area contributed by atoms with Gasteiger partial charge >= 0.3 is 5.97 Å². The van der Waals surface area contributed by atoms with Crippen molar-refractivity contribution in [3.8, 4) is 0 Å². The van der Waals surface area contributed by atoms with Gasteiger partial charge in [-0.1, -0.05) is 43.2 Å². The molecule has 0 saturated heterocycles. The molecule has 0 unspecified atom stereocenters. The number of hydrogen-bond acceptors (Lipinski definition) is 4. The van der Waals surface area contributed by atoms with E-state index < -0.39 is 5.60 Å². The minimum atomic E-state index is -0.992. The van der Waals surface area contributed by atoms with Crippen LogP contribution in [0.3, 0.4) is 0 Å². The topological polar surface area (TPSA) is 32.8 Å². The standard InChI is InChI=1S/C39H42N2O2/c1-23-21-36(3,4)40(7)33-19-29-31(17-26(23)33)39(28-14-10-9-13-25(28)35(42)43-39)32-18-27-24(2)22-37(5,6)41(8)34(27)20-30(32)38(29)15-11-12-16-38/h9-10,13-14,17-22H,11-12,15-16H2,1-8H3. The number of nitrogens with zero attached hydrogens (tertiary/aromatic N) is 2. The first-order valence-electron chi connectivity index (χ1n) is 15.9. The van der Waals surface area contributed by atoms with E-state index in [1.54, 1.807) is 0 Å². The van der Waals surface area contributed by atoms with Crippen molar-refractivity contribution in [1.29, 1.82) is 0 Å². The Morgan fingerprint density at radius 2 is 1.14 bits per heavy atom. The lowest BCUT2D eigenvalue weighted by molar-refractivity contribution is 0.0229. The average Bonchev–Trinajstić information content (AvgIpc) is 3.57. The number of rotatable bonds is 0. The largest absolute Gasteiger partial charge is 0.441 e. The Bertz CT molecular complexity index is 1740. The van der Waals surface area contributed by atoms with Gasteiger partial charge in [0.25, 0.3) is 0 Å². The fraction of sp³-hybridized carbons (Fsp3) is 0.410. The van der Waals surface area contributed by atoms with E-state index in [4.69, 9.17) is 4.74 Å². The molecule has 2 aliphatic carbocycles. The molecular formula is C39H42N2O2. The molecule has 2 spiro atoms. The number of allylic oxidation sites excluding steroid dienone is 2. The summed E-state index contributed by atoms with van der Waals surface area (Å²) in [6.45, 7) is 13.6. The molecule has 0 atom stereocenters. The van der Waals surface area contributed by atoms with E-state index in [2.05, 4.69) is 114 Å². The van der Waals surface area contributed by atoms with Crippen molar-refractivity contribution in [3.05, 3.63) is 105 Å². The molecule has 3 aromatic carbocycles. The Kier molecular flexibility index (Phi) is 5.13. The summed E-state index contributed by atoms with van der Waals surface area (Å²) in [4.78, 5) is 18.6. The second-order valence-corrected chi connectivity index (χ2v) is 14.8. The van der Waals surface area contributed by atoms with Crippen molar-refractivity contribution in [1.82, 2.24) is 0 Å². The van der Waals surface area contributed by atoms with Crippen LogP contribution in [0.25, 0.3) is 11.1 Å². The Morgan fingerprint density at radius 1 is 0.651 bits per heavy atom. The molecule has 0 N–H and O–H groups in total. The first kappa shape index (κ1) is 26.8. The summed E-state index contributed by atoms with van der Waals surface area (Å²) in [5.74, 6) is -0.235. The molecule has 220 valence electrons. The van der Waals surface area contributed by atoms with Crippen LogP contribution in [0.2, 0.25) is 0 Å². The maximum Gasteiger partial charge on any atom is 0.340 e. The molecule has 3 aliphatic heterocycles. The fourth-order valence-corrected chi connectivity index (χ4v) is 9.19. The van der Waals surface area contributed by atoms with Gasteiger partial charge in [0.15, 0.2) is 5.60 Å². The normalized spacial score (nSPS) is 22.7. The van der Waals surface area contributed by atoms with Gasteiger partial charge in [0.2, 0.25) is 0 Å². The highest BCUT2D eigenvalue weighted by molar-refractivity contribution is 5.98. The van der Waals surface area contributed by atoms with Crippen LogP contribution < -0.4 is 9.80 Å². The van der Waals surface area contributed by atoms with Crippen LogP contribution in [0.4, 0.5) is 11.4 Å². The SMILES string of the molecule is CC1=CC(C)(C)N(C)c2cc3c(cc21)C1(OC(=O)c2ccccc21)c1cc2c(cc1C31CCCC1)N(C)C(C)(C)C=C2C. The Hall–Kier alpha value is -3.79. The number of carbonyl (C=O) groups is 1. The van der Waals surface area contributed by atoms with Gasteiger partial charge in [-0.3, -0.25) is 0 Å². The summed E-state index contributed by atoms with van der Waals surface area (Å²) in [7, 11) is 4.44. The van der Waals surface area contributed by atoms with Crippen LogP contribution in [0.15, 0.2) is 60.7 Å². The maximum atomic E-state index is 13.8. The molecule has 5 aliphatic rings. The van der Waals surface area contributed by atoms with E-state index in [1.165, 1.54) is 57.6 Å². The zero-order chi connectivity index (χ0) is 30.3. The van der Waals surface area contributed by atoms with Crippen molar-refractivity contribution >= 4 is 28.5 Å². The number of likely N-dealkylation sites (N-methyl/N-ethyl adjacent to an activating group) is 2. The predicted octanol–water partition coefficient (Wildman–Crippen LogP) is 8.59. The lowest BCUT2D eigenvalue weighted by Crippen LogP contribution is -2.46. The van der Waals surface area contributed by atoms with Crippen molar-refractivity contribution in [2.24, 2.45) is 0 Å². The highest BCUT2D eigenvalue weighted by Gasteiger charge is 2.59. The van der Waals surface area contributed by atoms with Crippen LogP contribution in [0.5, 0.6) is 0 Å². The first-order valence-corrected chi connectivity index (χ1v) is 15.9. The smallest absolute Gasteiger partial charge is 0.340 e. The molecule has 0 bridgehead atoms. The summed E-state index contributed by atoms with van der Waals surface area (Å²) >= 11 is 0. The lowest BCUT2D eigenvalue weighted by Gasteiger charge is -2.50. The fourth-order valence-electron chi connectivity index (χ4n) is 9.19. The summed E-state index contributed by atoms with van der Waals surface area (Å²) in [5, 5.41) is 0. The quantitative estimate of drug-likeness (QED) is 0.254. The third-order valence-corrected chi connectivity index (χ3v) is 11.7. The van der Waals surface area contributed by atoms with Gasteiger partial charge in [0.05, 0.1) is 16.6 Å². The van der Waals surface area contributed by atoms with Crippen molar-refractivity contribution in [2.45, 2.75) is 89.3 Å². The van der Waals surface area contributed by atoms with Gasteiger partial charge in [-0.25, -0.2) is 4.79 Å². The first-order chi connectivity index (χ1) is 20.3. The van der Waals surface area contributed by atoms with Crippen LogP contribution >= 0.6 is 0 Å². The van der Waals surface area contributed by atoms with Gasteiger partial charge < -0.3 is 14.5 Å². The monoisotopic (exact) mass is 570 g/mol. The number of anilines is 2. The third-order valence-electron chi connectivity index (χ3n) is 11.7. The molecule has 8 rings (SSSR count). The molecule has 43 heavy (non-hydrogen) atoms. The molecular weight excluding hydrogens is 528 g/mol. The van der Waals surface area contributed by atoms with Crippen molar-refractivity contribution < 1.29 is 9.53 Å². The molecule has 4 nitrogen and oxygen atoms in total. The molecule has 3 aromatic rings. The van der Waals surface area contributed by atoms with Crippen LogP contribution in [-0.2, 0) is 15.8 Å². The highest BCUT2D eigenvalue weighted by atomic mass is 16.6. The van der Waals surface area contributed by atoms with Crippen molar-refractivity contribution in [2.75, 3.05) is 23.9 Å². The van der Waals surface area contributed by atoms with Gasteiger partial charge in [-0.15, -0.1) is 0 Å². The minimum Gasteiger partial charge on any atom is -0.441 e.